The van der Waals surface area contributed by atoms with Gasteiger partial charge in [-0.1, -0.05) is 30.4 Å². The van der Waals surface area contributed by atoms with Crippen LogP contribution in [0.3, 0.4) is 0 Å². The Hall–Kier alpha value is -1.62. The topological polar surface area (TPSA) is 49.6 Å². The van der Waals surface area contributed by atoms with Crippen molar-refractivity contribution in [1.29, 1.82) is 0 Å². The lowest BCUT2D eigenvalue weighted by Crippen LogP contribution is -2.41. The highest BCUT2D eigenvalue weighted by Crippen LogP contribution is 2.31. The molecule has 1 amide bonds. The maximum Gasteiger partial charge on any atom is 0.241 e. The molecule has 0 aromatic heterocycles. The molecule has 0 saturated carbocycles. The SMILES string of the molecule is CC1Cc2ccccc2N1CC(=O)N(C)CCC(N)=S. The Balaban J connectivity index is 1.99. The summed E-state index contributed by atoms with van der Waals surface area (Å²) in [5, 5.41) is 0. The van der Waals surface area contributed by atoms with E-state index < -0.39 is 0 Å². The zero-order valence-electron chi connectivity index (χ0n) is 12.0. The fourth-order valence-electron chi connectivity index (χ4n) is 2.54. The number of benzene rings is 1. The van der Waals surface area contributed by atoms with E-state index in [9.17, 15) is 4.79 Å². The summed E-state index contributed by atoms with van der Waals surface area (Å²) in [6, 6.07) is 8.64. The number of hydrogen-bond donors (Lipinski definition) is 1. The van der Waals surface area contributed by atoms with Gasteiger partial charge in [-0.05, 0) is 25.0 Å². The first-order valence-corrected chi connectivity index (χ1v) is 7.26. The van der Waals surface area contributed by atoms with E-state index in [0.29, 0.717) is 30.5 Å². The second-order valence-electron chi connectivity index (χ2n) is 5.34. The van der Waals surface area contributed by atoms with Gasteiger partial charge in [0.25, 0.3) is 0 Å². The van der Waals surface area contributed by atoms with Crippen LogP contribution in [0.15, 0.2) is 24.3 Å². The van der Waals surface area contributed by atoms with Crippen molar-refractivity contribution >= 4 is 28.8 Å². The molecule has 2 rings (SSSR count). The Bertz CT molecular complexity index is 518. The molecule has 1 aromatic carbocycles. The summed E-state index contributed by atoms with van der Waals surface area (Å²) in [5.74, 6) is 0.102. The number of para-hydroxylation sites is 1. The van der Waals surface area contributed by atoms with Crippen LogP contribution in [-0.2, 0) is 11.2 Å². The number of likely N-dealkylation sites (N-methyl/N-ethyl adjacent to an activating group) is 1. The van der Waals surface area contributed by atoms with Crippen LogP contribution >= 0.6 is 12.2 Å². The minimum atomic E-state index is 0.102. The number of carbonyl (C=O) groups excluding carboxylic acids is 1. The molecule has 1 unspecified atom stereocenters. The molecule has 5 heteroatoms. The molecule has 1 aliphatic rings. The molecule has 0 radical (unpaired) electrons. The fourth-order valence-corrected chi connectivity index (χ4v) is 2.63. The van der Waals surface area contributed by atoms with Gasteiger partial charge >= 0.3 is 0 Å². The summed E-state index contributed by atoms with van der Waals surface area (Å²) >= 11 is 4.84. The monoisotopic (exact) mass is 291 g/mol. The van der Waals surface area contributed by atoms with Gasteiger partial charge in [0.05, 0.1) is 11.5 Å². The first kappa shape index (κ1) is 14.8. The Labute approximate surface area is 125 Å². The van der Waals surface area contributed by atoms with Crippen LogP contribution in [0, 0.1) is 0 Å². The van der Waals surface area contributed by atoms with Crippen LogP contribution in [0.4, 0.5) is 5.69 Å². The normalized spacial score (nSPS) is 16.9. The molecule has 2 N–H and O–H groups in total. The zero-order valence-corrected chi connectivity index (χ0v) is 12.8. The second kappa shape index (κ2) is 6.22. The smallest absolute Gasteiger partial charge is 0.241 e. The Kier molecular flexibility index (Phi) is 4.60. The van der Waals surface area contributed by atoms with Crippen LogP contribution in [0.5, 0.6) is 0 Å². The van der Waals surface area contributed by atoms with E-state index in [1.807, 2.05) is 12.1 Å². The molecule has 20 heavy (non-hydrogen) atoms. The molecular weight excluding hydrogens is 270 g/mol. The third-order valence-corrected chi connectivity index (χ3v) is 3.98. The first-order chi connectivity index (χ1) is 9.49. The number of thiocarbonyl (C=S) groups is 1. The number of carbonyl (C=O) groups is 1. The van der Waals surface area contributed by atoms with Crippen LogP contribution in [0.1, 0.15) is 18.9 Å². The van der Waals surface area contributed by atoms with Gasteiger partial charge in [0.15, 0.2) is 0 Å². The minimum absolute atomic E-state index is 0.102. The van der Waals surface area contributed by atoms with Crippen molar-refractivity contribution in [2.75, 3.05) is 25.0 Å². The van der Waals surface area contributed by atoms with Crippen molar-refractivity contribution in [1.82, 2.24) is 4.90 Å². The predicted octanol–water partition coefficient (Wildman–Crippen LogP) is 1.57. The molecule has 108 valence electrons. The van der Waals surface area contributed by atoms with Crippen LogP contribution in [0.25, 0.3) is 0 Å². The van der Waals surface area contributed by atoms with Gasteiger partial charge in [-0.3, -0.25) is 4.79 Å². The van der Waals surface area contributed by atoms with E-state index in [0.717, 1.165) is 6.42 Å². The van der Waals surface area contributed by atoms with Crippen molar-refractivity contribution in [3.63, 3.8) is 0 Å². The molecular formula is C15H21N3OS. The Morgan fingerprint density at radius 3 is 2.90 bits per heavy atom. The van der Waals surface area contributed by atoms with E-state index in [1.54, 1.807) is 11.9 Å². The highest BCUT2D eigenvalue weighted by molar-refractivity contribution is 7.80. The van der Waals surface area contributed by atoms with Crippen LogP contribution < -0.4 is 10.6 Å². The number of fused-ring (bicyclic) bond motifs is 1. The van der Waals surface area contributed by atoms with E-state index in [1.165, 1.54) is 11.3 Å². The van der Waals surface area contributed by atoms with E-state index in [2.05, 4.69) is 24.0 Å². The van der Waals surface area contributed by atoms with Crippen LogP contribution in [-0.4, -0.2) is 42.0 Å². The average molecular weight is 291 g/mol. The second-order valence-corrected chi connectivity index (χ2v) is 5.87. The van der Waals surface area contributed by atoms with Gasteiger partial charge < -0.3 is 15.5 Å². The molecule has 0 aliphatic carbocycles. The Morgan fingerprint density at radius 2 is 2.20 bits per heavy atom. The molecule has 0 spiro atoms. The molecule has 0 saturated heterocycles. The number of anilines is 1. The van der Waals surface area contributed by atoms with E-state index in [4.69, 9.17) is 18.0 Å². The van der Waals surface area contributed by atoms with Gasteiger partial charge in [0.2, 0.25) is 5.91 Å². The van der Waals surface area contributed by atoms with Gasteiger partial charge in [0.1, 0.15) is 0 Å². The largest absolute Gasteiger partial charge is 0.393 e. The molecule has 1 aliphatic heterocycles. The van der Waals surface area contributed by atoms with Crippen LogP contribution in [0.2, 0.25) is 0 Å². The van der Waals surface area contributed by atoms with Crippen molar-refractivity contribution < 1.29 is 4.79 Å². The number of nitrogens with zero attached hydrogens (tertiary/aromatic N) is 2. The van der Waals surface area contributed by atoms with Gasteiger partial charge in [-0.2, -0.15) is 0 Å². The summed E-state index contributed by atoms with van der Waals surface area (Å²) in [7, 11) is 1.80. The zero-order chi connectivity index (χ0) is 14.7. The van der Waals surface area contributed by atoms with Gasteiger partial charge in [-0.25, -0.2) is 0 Å². The van der Waals surface area contributed by atoms with Crippen molar-refractivity contribution in [3.8, 4) is 0 Å². The molecule has 4 nitrogen and oxygen atoms in total. The quantitative estimate of drug-likeness (QED) is 0.837. The summed E-state index contributed by atoms with van der Waals surface area (Å²) in [5.41, 5.74) is 7.97. The fraction of sp³-hybridized carbons (Fsp3) is 0.467. The number of rotatable bonds is 5. The molecule has 1 heterocycles. The van der Waals surface area contributed by atoms with E-state index in [-0.39, 0.29) is 5.91 Å². The lowest BCUT2D eigenvalue weighted by molar-refractivity contribution is -0.128. The lowest BCUT2D eigenvalue weighted by Gasteiger charge is -2.27. The lowest BCUT2D eigenvalue weighted by atomic mass is 10.1. The van der Waals surface area contributed by atoms with Crippen molar-refractivity contribution in [2.24, 2.45) is 5.73 Å². The summed E-state index contributed by atoms with van der Waals surface area (Å²) in [4.78, 5) is 16.6. The standard InChI is InChI=1S/C15H21N3OS/c1-11-9-12-5-3-4-6-13(12)18(11)10-15(19)17(2)8-7-14(16)20/h3-6,11H,7-10H2,1-2H3,(H2,16,20). The average Bonchev–Trinajstić information content (AvgIpc) is 2.72. The predicted molar refractivity (Wildman–Crippen MR) is 86.0 cm³/mol. The number of hydrogen-bond acceptors (Lipinski definition) is 3. The summed E-state index contributed by atoms with van der Waals surface area (Å²) in [6.07, 6.45) is 1.57. The number of nitrogens with two attached hydrogens (primary N) is 1. The van der Waals surface area contributed by atoms with Gasteiger partial charge in [-0.15, -0.1) is 0 Å². The first-order valence-electron chi connectivity index (χ1n) is 6.86. The molecule has 0 bridgehead atoms. The van der Waals surface area contributed by atoms with Crippen molar-refractivity contribution in [2.45, 2.75) is 25.8 Å². The highest BCUT2D eigenvalue weighted by atomic mass is 32.1. The highest BCUT2D eigenvalue weighted by Gasteiger charge is 2.27. The van der Waals surface area contributed by atoms with Crippen molar-refractivity contribution in [3.05, 3.63) is 29.8 Å². The number of amides is 1. The Morgan fingerprint density at radius 1 is 1.50 bits per heavy atom. The maximum atomic E-state index is 12.3. The molecule has 0 fully saturated rings. The maximum absolute atomic E-state index is 12.3. The van der Waals surface area contributed by atoms with E-state index >= 15 is 0 Å². The summed E-state index contributed by atoms with van der Waals surface area (Å²) in [6.45, 7) is 3.15. The van der Waals surface area contributed by atoms with Gasteiger partial charge in [0, 0.05) is 31.7 Å². The summed E-state index contributed by atoms with van der Waals surface area (Å²) < 4.78 is 0. The third-order valence-electron chi connectivity index (χ3n) is 3.77. The minimum Gasteiger partial charge on any atom is -0.393 e. The third kappa shape index (κ3) is 3.28. The molecule has 1 aromatic rings. The molecule has 1 atom stereocenters.